The minimum Gasteiger partial charge on any atom is -0.369 e. The lowest BCUT2D eigenvalue weighted by Crippen LogP contribution is -2.41. The largest absolute Gasteiger partial charge is 0.369 e. The van der Waals surface area contributed by atoms with E-state index < -0.39 is 10.0 Å². The highest BCUT2D eigenvalue weighted by molar-refractivity contribution is 7.99. The van der Waals surface area contributed by atoms with Crippen LogP contribution in [-0.2, 0) is 19.6 Å². The Morgan fingerprint density at radius 1 is 1.47 bits per heavy atom. The first-order valence-electron chi connectivity index (χ1n) is 6.64. The number of hydrogen-bond acceptors (Lipinski definition) is 5. The van der Waals surface area contributed by atoms with Crippen molar-refractivity contribution in [1.29, 1.82) is 0 Å². The molecule has 7 heteroatoms. The smallest absolute Gasteiger partial charge is 0.211 e. The van der Waals surface area contributed by atoms with Gasteiger partial charge in [-0.25, -0.2) is 12.7 Å². The van der Waals surface area contributed by atoms with E-state index in [0.29, 0.717) is 26.1 Å². The van der Waals surface area contributed by atoms with Gasteiger partial charge < -0.3 is 4.74 Å². The summed E-state index contributed by atoms with van der Waals surface area (Å²) in [6.07, 6.45) is 3.16. The summed E-state index contributed by atoms with van der Waals surface area (Å²) < 4.78 is 30.0. The fraction of sp³-hybridized carbons (Fsp3) is 0.917. The van der Waals surface area contributed by atoms with Gasteiger partial charge in [0.05, 0.1) is 12.9 Å². The van der Waals surface area contributed by atoms with Gasteiger partial charge in [-0.2, -0.15) is 11.8 Å². The van der Waals surface area contributed by atoms with Gasteiger partial charge in [0.15, 0.2) is 5.78 Å². The molecule has 2 aliphatic heterocycles. The SMILES string of the molecule is CS(=O)(=O)N1CCCC(CC(=O)C2CSCCO2)C1. The molecule has 0 aromatic heterocycles. The molecule has 0 amide bonds. The van der Waals surface area contributed by atoms with Crippen LogP contribution in [-0.4, -0.2) is 62.1 Å². The number of thioether (sulfide) groups is 1. The van der Waals surface area contributed by atoms with Crippen molar-refractivity contribution in [2.45, 2.75) is 25.4 Å². The number of rotatable bonds is 4. The fourth-order valence-corrected chi connectivity index (χ4v) is 4.40. The van der Waals surface area contributed by atoms with Gasteiger partial charge in [-0.15, -0.1) is 0 Å². The van der Waals surface area contributed by atoms with Crippen LogP contribution in [0.4, 0.5) is 0 Å². The van der Waals surface area contributed by atoms with E-state index in [1.165, 1.54) is 10.6 Å². The number of hydrogen-bond donors (Lipinski definition) is 0. The van der Waals surface area contributed by atoms with Crippen LogP contribution in [0.25, 0.3) is 0 Å². The van der Waals surface area contributed by atoms with Crippen molar-refractivity contribution in [3.63, 3.8) is 0 Å². The third kappa shape index (κ3) is 4.44. The molecule has 2 rings (SSSR count). The number of Topliss-reactive ketones (excluding diaryl/α,β-unsaturated/α-hetero) is 1. The van der Waals surface area contributed by atoms with Gasteiger partial charge >= 0.3 is 0 Å². The van der Waals surface area contributed by atoms with Crippen LogP contribution in [0.3, 0.4) is 0 Å². The summed E-state index contributed by atoms with van der Waals surface area (Å²) in [5, 5.41) is 0. The maximum absolute atomic E-state index is 12.1. The van der Waals surface area contributed by atoms with Crippen LogP contribution >= 0.6 is 11.8 Å². The quantitative estimate of drug-likeness (QED) is 0.767. The van der Waals surface area contributed by atoms with E-state index in [2.05, 4.69) is 0 Å². The van der Waals surface area contributed by atoms with E-state index in [-0.39, 0.29) is 17.8 Å². The third-order valence-electron chi connectivity index (χ3n) is 3.62. The van der Waals surface area contributed by atoms with Crippen LogP contribution in [0.5, 0.6) is 0 Å². The number of ketones is 1. The lowest BCUT2D eigenvalue weighted by atomic mass is 9.93. The van der Waals surface area contributed by atoms with E-state index in [9.17, 15) is 13.2 Å². The lowest BCUT2D eigenvalue weighted by molar-refractivity contribution is -0.130. The first-order valence-corrected chi connectivity index (χ1v) is 9.64. The molecule has 2 fully saturated rings. The summed E-state index contributed by atoms with van der Waals surface area (Å²) in [5.74, 6) is 1.97. The summed E-state index contributed by atoms with van der Waals surface area (Å²) in [6, 6.07) is 0. The Balaban J connectivity index is 1.86. The van der Waals surface area contributed by atoms with E-state index in [1.54, 1.807) is 11.8 Å². The molecule has 2 unspecified atom stereocenters. The molecular weight excluding hydrogens is 286 g/mol. The molecule has 0 spiro atoms. The highest BCUT2D eigenvalue weighted by atomic mass is 32.2. The first-order chi connectivity index (χ1) is 8.97. The highest BCUT2D eigenvalue weighted by Gasteiger charge is 2.30. The molecule has 0 saturated carbocycles. The molecule has 2 heterocycles. The van der Waals surface area contributed by atoms with Crippen LogP contribution in [0.2, 0.25) is 0 Å². The number of nitrogens with zero attached hydrogens (tertiary/aromatic N) is 1. The molecule has 2 aliphatic rings. The zero-order chi connectivity index (χ0) is 13.9. The summed E-state index contributed by atoms with van der Waals surface area (Å²) in [5.41, 5.74) is 0. The van der Waals surface area contributed by atoms with E-state index in [0.717, 1.165) is 24.3 Å². The fourth-order valence-electron chi connectivity index (χ4n) is 2.58. The molecule has 0 N–H and O–H groups in total. The Bertz CT molecular complexity index is 417. The van der Waals surface area contributed by atoms with Crippen molar-refractivity contribution < 1.29 is 17.9 Å². The minimum atomic E-state index is -3.13. The minimum absolute atomic E-state index is 0.132. The van der Waals surface area contributed by atoms with E-state index >= 15 is 0 Å². The predicted octanol–water partition coefficient (Wildman–Crippen LogP) is 0.749. The predicted molar refractivity (Wildman–Crippen MR) is 75.8 cm³/mol. The molecule has 0 aliphatic carbocycles. The Morgan fingerprint density at radius 2 is 2.26 bits per heavy atom. The molecule has 2 saturated heterocycles. The van der Waals surface area contributed by atoms with Crippen LogP contribution in [0.15, 0.2) is 0 Å². The third-order valence-corrected chi connectivity index (χ3v) is 5.88. The molecular formula is C12H21NO4S2. The van der Waals surface area contributed by atoms with Gasteiger partial charge in [0, 0.05) is 31.0 Å². The van der Waals surface area contributed by atoms with Crippen molar-refractivity contribution in [2.24, 2.45) is 5.92 Å². The molecule has 0 aromatic carbocycles. The number of carbonyl (C=O) groups excluding carboxylic acids is 1. The van der Waals surface area contributed by atoms with Gasteiger partial charge in [0.2, 0.25) is 10.0 Å². The maximum Gasteiger partial charge on any atom is 0.211 e. The summed E-state index contributed by atoms with van der Waals surface area (Å²) >= 11 is 1.75. The average molecular weight is 307 g/mol. The highest BCUT2D eigenvalue weighted by Crippen LogP contribution is 2.24. The Labute approximate surface area is 119 Å². The number of piperidine rings is 1. The Hall–Kier alpha value is -0.110. The second-order valence-corrected chi connectivity index (χ2v) is 8.37. The van der Waals surface area contributed by atoms with Gasteiger partial charge in [-0.1, -0.05) is 0 Å². The van der Waals surface area contributed by atoms with Crippen molar-refractivity contribution in [2.75, 3.05) is 37.5 Å². The molecule has 0 bridgehead atoms. The number of sulfonamides is 1. The van der Waals surface area contributed by atoms with Crippen molar-refractivity contribution in [1.82, 2.24) is 4.31 Å². The summed E-state index contributed by atoms with van der Waals surface area (Å²) in [4.78, 5) is 12.1. The van der Waals surface area contributed by atoms with Crippen molar-refractivity contribution >= 4 is 27.6 Å². The van der Waals surface area contributed by atoms with Gasteiger partial charge in [0.1, 0.15) is 6.10 Å². The van der Waals surface area contributed by atoms with Crippen LogP contribution in [0, 0.1) is 5.92 Å². The van der Waals surface area contributed by atoms with E-state index in [4.69, 9.17) is 4.74 Å². The first kappa shape index (κ1) is 15.3. The summed E-state index contributed by atoms with van der Waals surface area (Å²) in [6.45, 7) is 1.70. The lowest BCUT2D eigenvalue weighted by Gasteiger charge is -2.31. The van der Waals surface area contributed by atoms with Crippen molar-refractivity contribution in [3.05, 3.63) is 0 Å². The standard InChI is InChI=1S/C12H21NO4S2/c1-19(15,16)13-4-2-3-10(8-13)7-11(14)12-9-18-6-5-17-12/h10,12H,2-9H2,1H3. The van der Waals surface area contributed by atoms with Crippen LogP contribution in [0.1, 0.15) is 19.3 Å². The van der Waals surface area contributed by atoms with E-state index in [1.807, 2.05) is 0 Å². The van der Waals surface area contributed by atoms with Crippen molar-refractivity contribution in [3.8, 4) is 0 Å². The average Bonchev–Trinajstić information content (AvgIpc) is 2.39. The Kier molecular flexibility index (Phi) is 5.28. The normalized spacial score (nSPS) is 30.2. The number of carbonyl (C=O) groups is 1. The molecule has 0 radical (unpaired) electrons. The van der Waals surface area contributed by atoms with Crippen LogP contribution < -0.4 is 0 Å². The molecule has 19 heavy (non-hydrogen) atoms. The number of ether oxygens (including phenoxy) is 1. The molecule has 110 valence electrons. The second kappa shape index (κ2) is 6.56. The van der Waals surface area contributed by atoms with Gasteiger partial charge in [-0.3, -0.25) is 4.79 Å². The molecule has 2 atom stereocenters. The molecule has 0 aromatic rings. The zero-order valence-electron chi connectivity index (χ0n) is 11.2. The monoisotopic (exact) mass is 307 g/mol. The Morgan fingerprint density at radius 3 is 2.89 bits per heavy atom. The zero-order valence-corrected chi connectivity index (χ0v) is 12.8. The van der Waals surface area contributed by atoms with Gasteiger partial charge in [0.25, 0.3) is 0 Å². The second-order valence-electron chi connectivity index (χ2n) is 5.23. The topological polar surface area (TPSA) is 63.7 Å². The maximum atomic E-state index is 12.1. The van der Waals surface area contributed by atoms with Gasteiger partial charge in [-0.05, 0) is 18.8 Å². The molecule has 5 nitrogen and oxygen atoms in total. The summed E-state index contributed by atoms with van der Waals surface area (Å²) in [7, 11) is -3.13.